The van der Waals surface area contributed by atoms with Crippen LogP contribution in [0.4, 0.5) is 0 Å². The van der Waals surface area contributed by atoms with Crippen molar-refractivity contribution in [2.45, 2.75) is 26.3 Å². The van der Waals surface area contributed by atoms with Gasteiger partial charge in [0.1, 0.15) is 5.75 Å². The number of primary amides is 1. The average molecular weight is 361 g/mol. The molecule has 0 bridgehead atoms. The topological polar surface area (TPSA) is 118 Å². The lowest BCUT2D eigenvalue weighted by Crippen LogP contribution is -2.41. The second kappa shape index (κ2) is 10.3. The Morgan fingerprint density at radius 2 is 2.00 bits per heavy atom. The fourth-order valence-electron chi connectivity index (χ4n) is 2.26. The molecule has 0 aromatic heterocycles. The summed E-state index contributed by atoms with van der Waals surface area (Å²) in [6, 6.07) is 7.36. The third kappa shape index (κ3) is 7.42. The summed E-state index contributed by atoms with van der Waals surface area (Å²) in [6.07, 6.45) is 2.01. The molecule has 2 rings (SSSR count). The lowest BCUT2D eigenvalue weighted by atomic mass is 10.2. The number of ether oxygens (including phenoxy) is 1. The maximum atomic E-state index is 11.6. The number of nitrogens with zero attached hydrogens (tertiary/aromatic N) is 1. The average Bonchev–Trinajstić information content (AvgIpc) is 3.47. The van der Waals surface area contributed by atoms with Gasteiger partial charge in [-0.3, -0.25) is 9.59 Å². The highest BCUT2D eigenvalue weighted by Crippen LogP contribution is 2.28. The van der Waals surface area contributed by atoms with Crippen molar-refractivity contribution >= 4 is 17.8 Å². The van der Waals surface area contributed by atoms with E-state index in [4.69, 9.17) is 10.5 Å². The normalized spacial score (nSPS) is 13.8. The van der Waals surface area contributed by atoms with Crippen molar-refractivity contribution in [3.05, 3.63) is 29.8 Å². The van der Waals surface area contributed by atoms with E-state index in [0.717, 1.165) is 24.9 Å². The van der Waals surface area contributed by atoms with Crippen LogP contribution in [0.5, 0.6) is 5.75 Å². The van der Waals surface area contributed by atoms with Crippen LogP contribution in [0.15, 0.2) is 29.3 Å². The number of guanidine groups is 1. The highest BCUT2D eigenvalue weighted by Gasteiger charge is 2.28. The first kappa shape index (κ1) is 19.6. The van der Waals surface area contributed by atoms with Crippen molar-refractivity contribution in [1.29, 1.82) is 0 Å². The zero-order chi connectivity index (χ0) is 18.8. The van der Waals surface area contributed by atoms with E-state index in [1.807, 2.05) is 25.1 Å². The summed E-state index contributed by atoms with van der Waals surface area (Å²) in [5.41, 5.74) is 6.03. The van der Waals surface area contributed by atoms with Gasteiger partial charge in [-0.1, -0.05) is 12.1 Å². The van der Waals surface area contributed by atoms with Gasteiger partial charge in [-0.2, -0.15) is 0 Å². The summed E-state index contributed by atoms with van der Waals surface area (Å²) >= 11 is 0. The van der Waals surface area contributed by atoms with Gasteiger partial charge in [-0.05, 0) is 37.5 Å². The van der Waals surface area contributed by atoms with Crippen molar-refractivity contribution in [3.8, 4) is 5.75 Å². The monoisotopic (exact) mass is 361 g/mol. The van der Waals surface area contributed by atoms with E-state index in [1.165, 1.54) is 0 Å². The van der Waals surface area contributed by atoms with E-state index in [1.54, 1.807) is 6.07 Å². The van der Waals surface area contributed by atoms with Crippen LogP contribution in [0.25, 0.3) is 0 Å². The van der Waals surface area contributed by atoms with Gasteiger partial charge in [0.15, 0.2) is 12.6 Å². The van der Waals surface area contributed by atoms with Crippen LogP contribution in [0, 0.1) is 5.92 Å². The van der Waals surface area contributed by atoms with Crippen LogP contribution in [-0.4, -0.2) is 44.0 Å². The zero-order valence-corrected chi connectivity index (χ0v) is 15.1. The summed E-state index contributed by atoms with van der Waals surface area (Å²) in [4.78, 5) is 26.9. The Bertz CT molecular complexity index is 643. The van der Waals surface area contributed by atoms with Crippen molar-refractivity contribution in [3.63, 3.8) is 0 Å². The maximum Gasteiger partial charge on any atom is 0.255 e. The third-order valence-electron chi connectivity index (χ3n) is 3.71. The number of hydrogen-bond donors (Lipinski definition) is 4. The molecule has 0 aliphatic heterocycles. The van der Waals surface area contributed by atoms with Crippen LogP contribution in [0.2, 0.25) is 0 Å². The van der Waals surface area contributed by atoms with E-state index >= 15 is 0 Å². The highest BCUT2D eigenvalue weighted by molar-refractivity contribution is 5.81. The predicted octanol–water partition coefficient (Wildman–Crippen LogP) is 0.132. The fourth-order valence-corrected chi connectivity index (χ4v) is 2.26. The molecule has 142 valence electrons. The second-order valence-electron chi connectivity index (χ2n) is 6.09. The van der Waals surface area contributed by atoms with Gasteiger partial charge in [0.25, 0.3) is 5.91 Å². The molecule has 0 spiro atoms. The zero-order valence-electron chi connectivity index (χ0n) is 15.1. The van der Waals surface area contributed by atoms with Crippen molar-refractivity contribution in [2.24, 2.45) is 16.6 Å². The smallest absolute Gasteiger partial charge is 0.255 e. The minimum absolute atomic E-state index is 0.140. The molecule has 26 heavy (non-hydrogen) atoms. The molecule has 5 N–H and O–H groups in total. The van der Waals surface area contributed by atoms with Crippen LogP contribution in [0.3, 0.4) is 0 Å². The summed E-state index contributed by atoms with van der Waals surface area (Å²) in [7, 11) is 0. The number of nitrogens with one attached hydrogen (secondary N) is 3. The van der Waals surface area contributed by atoms with Gasteiger partial charge in [-0.25, -0.2) is 4.99 Å². The standard InChI is InChI=1S/C18H27N5O3/c1-2-20-18(22-9-8-21-17(25)14-6-7-14)23-11-13-4-3-5-15(10-13)26-12-16(19)24/h3-5,10,14H,2,6-9,11-12H2,1H3,(H2,19,24)(H,21,25)(H2,20,22,23). The predicted molar refractivity (Wildman–Crippen MR) is 99.7 cm³/mol. The summed E-state index contributed by atoms with van der Waals surface area (Å²) in [6.45, 7) is 4.20. The van der Waals surface area contributed by atoms with Crippen LogP contribution < -0.4 is 26.4 Å². The minimum Gasteiger partial charge on any atom is -0.484 e. The van der Waals surface area contributed by atoms with Gasteiger partial charge in [-0.15, -0.1) is 0 Å². The van der Waals surface area contributed by atoms with Crippen molar-refractivity contribution in [1.82, 2.24) is 16.0 Å². The maximum absolute atomic E-state index is 11.6. The number of amides is 2. The van der Waals surface area contributed by atoms with E-state index < -0.39 is 5.91 Å². The highest BCUT2D eigenvalue weighted by atomic mass is 16.5. The first-order valence-corrected chi connectivity index (χ1v) is 8.88. The first-order valence-electron chi connectivity index (χ1n) is 8.88. The summed E-state index contributed by atoms with van der Waals surface area (Å²) in [5.74, 6) is 1.11. The van der Waals surface area contributed by atoms with Gasteiger partial charge in [0, 0.05) is 25.6 Å². The number of carbonyl (C=O) groups excluding carboxylic acids is 2. The molecule has 1 aliphatic carbocycles. The molecule has 0 heterocycles. The van der Waals surface area contributed by atoms with Gasteiger partial charge in [0.2, 0.25) is 5.91 Å². The molecule has 2 amide bonds. The van der Waals surface area contributed by atoms with E-state index in [2.05, 4.69) is 20.9 Å². The molecule has 1 aliphatic rings. The Morgan fingerprint density at radius 3 is 2.69 bits per heavy atom. The van der Waals surface area contributed by atoms with Gasteiger partial charge >= 0.3 is 0 Å². The Kier molecular flexibility index (Phi) is 7.73. The molecule has 1 aromatic carbocycles. The van der Waals surface area contributed by atoms with Crippen LogP contribution in [-0.2, 0) is 16.1 Å². The quantitative estimate of drug-likeness (QED) is 0.268. The lowest BCUT2D eigenvalue weighted by Gasteiger charge is -2.12. The molecule has 0 atom stereocenters. The second-order valence-corrected chi connectivity index (χ2v) is 6.09. The molecule has 0 unspecified atom stereocenters. The lowest BCUT2D eigenvalue weighted by molar-refractivity contribution is -0.122. The van der Waals surface area contributed by atoms with E-state index in [9.17, 15) is 9.59 Å². The Morgan fingerprint density at radius 1 is 1.23 bits per heavy atom. The number of nitrogens with two attached hydrogens (primary N) is 1. The summed E-state index contributed by atoms with van der Waals surface area (Å²) < 4.78 is 5.29. The molecule has 0 radical (unpaired) electrons. The molecule has 1 fully saturated rings. The Labute approximate surface area is 153 Å². The molecule has 0 saturated heterocycles. The van der Waals surface area contributed by atoms with Crippen LogP contribution in [0.1, 0.15) is 25.3 Å². The first-order chi connectivity index (χ1) is 12.6. The molecular formula is C18H27N5O3. The molecule has 8 heteroatoms. The Hall–Kier alpha value is -2.77. The molecule has 1 saturated carbocycles. The molecule has 1 aromatic rings. The Balaban J connectivity index is 1.80. The van der Waals surface area contributed by atoms with E-state index in [0.29, 0.717) is 31.3 Å². The number of benzene rings is 1. The van der Waals surface area contributed by atoms with E-state index in [-0.39, 0.29) is 18.4 Å². The third-order valence-corrected chi connectivity index (χ3v) is 3.71. The molecular weight excluding hydrogens is 334 g/mol. The minimum atomic E-state index is -0.513. The fraction of sp³-hybridized carbons (Fsp3) is 0.500. The number of hydrogen-bond acceptors (Lipinski definition) is 4. The SMILES string of the molecule is CCNC(=NCc1cccc(OCC(N)=O)c1)NCCNC(=O)C1CC1. The van der Waals surface area contributed by atoms with Gasteiger partial charge in [0.05, 0.1) is 6.54 Å². The number of aliphatic imine (C=N–C) groups is 1. The number of carbonyl (C=O) groups is 2. The summed E-state index contributed by atoms with van der Waals surface area (Å²) in [5, 5.41) is 9.26. The van der Waals surface area contributed by atoms with Gasteiger partial charge < -0.3 is 26.4 Å². The van der Waals surface area contributed by atoms with Crippen molar-refractivity contribution < 1.29 is 14.3 Å². The van der Waals surface area contributed by atoms with Crippen molar-refractivity contribution in [2.75, 3.05) is 26.2 Å². The number of rotatable bonds is 10. The largest absolute Gasteiger partial charge is 0.484 e. The molecule has 8 nitrogen and oxygen atoms in total. The van der Waals surface area contributed by atoms with Crippen LogP contribution >= 0.6 is 0 Å².